The fourth-order valence-corrected chi connectivity index (χ4v) is 2.06. The van der Waals surface area contributed by atoms with Crippen LogP contribution in [-0.4, -0.2) is 0 Å². The van der Waals surface area contributed by atoms with Crippen LogP contribution in [0.3, 0.4) is 0 Å². The van der Waals surface area contributed by atoms with Crippen molar-refractivity contribution < 1.29 is 0 Å². The van der Waals surface area contributed by atoms with Gasteiger partial charge in [-0.1, -0.05) is 24.3 Å². The summed E-state index contributed by atoms with van der Waals surface area (Å²) in [7, 11) is 0. The van der Waals surface area contributed by atoms with Gasteiger partial charge in [-0.15, -0.1) is 0 Å². The van der Waals surface area contributed by atoms with Crippen molar-refractivity contribution in [2.75, 3.05) is 0 Å². The summed E-state index contributed by atoms with van der Waals surface area (Å²) in [5.74, 6) is 0. The van der Waals surface area contributed by atoms with Gasteiger partial charge in [-0.3, -0.25) is 0 Å². The molecule has 0 nitrogen and oxygen atoms in total. The van der Waals surface area contributed by atoms with Crippen LogP contribution in [0.25, 0.3) is 0 Å². The van der Waals surface area contributed by atoms with Crippen molar-refractivity contribution in [3.05, 3.63) is 44.5 Å². The molecule has 0 aliphatic carbocycles. The predicted octanol–water partition coefficient (Wildman–Crippen LogP) is 4.10. The van der Waals surface area contributed by atoms with Crippen LogP contribution in [0.15, 0.2) is 22.3 Å². The van der Waals surface area contributed by atoms with E-state index >= 15 is 0 Å². The molecule has 0 spiro atoms. The Labute approximate surface area is 94.2 Å². The minimum atomic E-state index is 0.999. The van der Waals surface area contributed by atoms with Crippen molar-refractivity contribution >= 4 is 22.6 Å². The van der Waals surface area contributed by atoms with Crippen LogP contribution >= 0.6 is 22.6 Å². The average Bonchev–Trinajstić information content (AvgIpc) is 1.96. The second-order valence-electron chi connectivity index (χ2n) is 3.57. The topological polar surface area (TPSA) is 0 Å². The van der Waals surface area contributed by atoms with Crippen LogP contribution < -0.4 is 0 Å². The number of benzene rings is 1. The number of hydrogen-bond acceptors (Lipinski definition) is 0. The number of hydrogen-bond donors (Lipinski definition) is 0. The summed E-state index contributed by atoms with van der Waals surface area (Å²) >= 11 is 2.29. The molecule has 0 saturated carbocycles. The Kier molecular flexibility index (Phi) is 3.54. The Morgan fingerprint density at radius 2 is 1.69 bits per heavy atom. The number of rotatable bonds is 2. The maximum atomic E-state index is 3.94. The highest BCUT2D eigenvalue weighted by Crippen LogP contribution is 2.21. The summed E-state index contributed by atoms with van der Waals surface area (Å²) in [4.78, 5) is 0. The molecule has 1 heteroatoms. The van der Waals surface area contributed by atoms with Gasteiger partial charge < -0.3 is 0 Å². The summed E-state index contributed by atoms with van der Waals surface area (Å²) in [6, 6.07) is 4.48. The zero-order chi connectivity index (χ0) is 10.0. The highest BCUT2D eigenvalue weighted by molar-refractivity contribution is 14.1. The van der Waals surface area contributed by atoms with Crippen molar-refractivity contribution in [3.8, 4) is 0 Å². The highest BCUT2D eigenvalue weighted by Gasteiger charge is 2.03. The average molecular weight is 286 g/mol. The molecule has 0 bridgehead atoms. The van der Waals surface area contributed by atoms with Crippen LogP contribution in [0.2, 0.25) is 0 Å². The molecule has 13 heavy (non-hydrogen) atoms. The standard InChI is InChI=1S/C12H15I/c1-8-5-9(2)12(7-11(4)13)10(3)6-8/h5-6H,4,7H2,1-3H3. The van der Waals surface area contributed by atoms with Gasteiger partial charge >= 0.3 is 0 Å². The van der Waals surface area contributed by atoms with Gasteiger partial charge in [-0.25, -0.2) is 0 Å². The third-order valence-electron chi connectivity index (χ3n) is 2.21. The van der Waals surface area contributed by atoms with Gasteiger partial charge in [0.15, 0.2) is 0 Å². The summed E-state index contributed by atoms with van der Waals surface area (Å²) in [6.07, 6.45) is 0.999. The SMILES string of the molecule is C=C(I)Cc1c(C)cc(C)cc1C. The predicted molar refractivity (Wildman–Crippen MR) is 67.5 cm³/mol. The molecule has 0 aromatic heterocycles. The monoisotopic (exact) mass is 286 g/mol. The minimum absolute atomic E-state index is 0.999. The number of halogens is 1. The molecule has 0 aliphatic rings. The van der Waals surface area contributed by atoms with Crippen molar-refractivity contribution in [2.45, 2.75) is 27.2 Å². The van der Waals surface area contributed by atoms with Crippen molar-refractivity contribution in [2.24, 2.45) is 0 Å². The van der Waals surface area contributed by atoms with Gasteiger partial charge in [0.05, 0.1) is 0 Å². The second kappa shape index (κ2) is 4.27. The van der Waals surface area contributed by atoms with E-state index in [1.165, 1.54) is 25.8 Å². The van der Waals surface area contributed by atoms with Gasteiger partial charge in [0.1, 0.15) is 0 Å². The summed E-state index contributed by atoms with van der Waals surface area (Å²) in [5.41, 5.74) is 5.55. The lowest BCUT2D eigenvalue weighted by Gasteiger charge is -2.10. The molecule has 1 rings (SSSR count). The lowest BCUT2D eigenvalue weighted by Crippen LogP contribution is -1.94. The van der Waals surface area contributed by atoms with E-state index in [9.17, 15) is 0 Å². The zero-order valence-corrected chi connectivity index (χ0v) is 10.6. The quantitative estimate of drug-likeness (QED) is 0.718. The second-order valence-corrected chi connectivity index (χ2v) is 5.10. The van der Waals surface area contributed by atoms with E-state index in [1.54, 1.807) is 0 Å². The van der Waals surface area contributed by atoms with Crippen LogP contribution in [0, 0.1) is 20.8 Å². The lowest BCUT2D eigenvalue weighted by molar-refractivity contribution is 1.15. The molecule has 0 radical (unpaired) electrons. The van der Waals surface area contributed by atoms with E-state index in [0.29, 0.717) is 0 Å². The highest BCUT2D eigenvalue weighted by atomic mass is 127. The minimum Gasteiger partial charge on any atom is -0.0894 e. The van der Waals surface area contributed by atoms with Gasteiger partial charge in [-0.05, 0) is 63.6 Å². The van der Waals surface area contributed by atoms with Gasteiger partial charge in [0, 0.05) is 6.42 Å². The largest absolute Gasteiger partial charge is 0.0894 e. The maximum Gasteiger partial charge on any atom is 0.00318 e. The van der Waals surface area contributed by atoms with Crippen LogP contribution in [-0.2, 0) is 6.42 Å². The number of allylic oxidation sites excluding steroid dienone is 1. The molecule has 70 valence electrons. The molecule has 0 unspecified atom stereocenters. The van der Waals surface area contributed by atoms with E-state index in [0.717, 1.165) is 6.42 Å². The zero-order valence-electron chi connectivity index (χ0n) is 8.45. The van der Waals surface area contributed by atoms with Crippen LogP contribution in [0.5, 0.6) is 0 Å². The molecule has 0 atom stereocenters. The smallest absolute Gasteiger partial charge is 0.00318 e. The molecule has 0 fully saturated rings. The molecule has 0 amide bonds. The maximum absolute atomic E-state index is 3.94. The summed E-state index contributed by atoms with van der Waals surface area (Å²) < 4.78 is 1.20. The molecule has 0 N–H and O–H groups in total. The van der Waals surface area contributed by atoms with E-state index in [-0.39, 0.29) is 0 Å². The fourth-order valence-electron chi connectivity index (χ4n) is 1.68. The number of aryl methyl sites for hydroxylation is 3. The first-order valence-corrected chi connectivity index (χ1v) is 5.48. The normalized spacial score (nSPS) is 10.2. The van der Waals surface area contributed by atoms with E-state index in [4.69, 9.17) is 0 Å². The molecule has 0 heterocycles. The Hall–Kier alpha value is -0.310. The first kappa shape index (κ1) is 10.8. The summed E-state index contributed by atoms with van der Waals surface area (Å²) in [6.45, 7) is 10.4. The Balaban J connectivity index is 3.13. The van der Waals surface area contributed by atoms with Crippen molar-refractivity contribution in [1.82, 2.24) is 0 Å². The Morgan fingerprint density at radius 3 is 2.08 bits per heavy atom. The van der Waals surface area contributed by atoms with Gasteiger partial charge in [0.25, 0.3) is 0 Å². The van der Waals surface area contributed by atoms with Gasteiger partial charge in [0.2, 0.25) is 0 Å². The van der Waals surface area contributed by atoms with E-state index in [2.05, 4.69) is 62.1 Å². The Bertz CT molecular complexity index is 314. The van der Waals surface area contributed by atoms with Crippen LogP contribution in [0.1, 0.15) is 22.3 Å². The van der Waals surface area contributed by atoms with E-state index in [1.807, 2.05) is 0 Å². The molecular formula is C12H15I. The van der Waals surface area contributed by atoms with Crippen molar-refractivity contribution in [3.63, 3.8) is 0 Å². The van der Waals surface area contributed by atoms with Crippen LogP contribution in [0.4, 0.5) is 0 Å². The molecule has 1 aromatic carbocycles. The molecular weight excluding hydrogens is 271 g/mol. The molecule has 0 saturated heterocycles. The molecule has 0 aliphatic heterocycles. The van der Waals surface area contributed by atoms with Crippen molar-refractivity contribution in [1.29, 1.82) is 0 Å². The third kappa shape index (κ3) is 2.83. The lowest BCUT2D eigenvalue weighted by atomic mass is 9.97. The Morgan fingerprint density at radius 1 is 1.23 bits per heavy atom. The van der Waals surface area contributed by atoms with Gasteiger partial charge in [-0.2, -0.15) is 0 Å². The summed E-state index contributed by atoms with van der Waals surface area (Å²) in [5, 5.41) is 0. The van der Waals surface area contributed by atoms with E-state index < -0.39 is 0 Å². The third-order valence-corrected chi connectivity index (χ3v) is 2.59. The first-order valence-electron chi connectivity index (χ1n) is 4.40. The fraction of sp³-hybridized carbons (Fsp3) is 0.333. The first-order chi connectivity index (χ1) is 6.00. The molecule has 1 aromatic rings.